The lowest BCUT2D eigenvalue weighted by Gasteiger charge is -2.32. The van der Waals surface area contributed by atoms with Gasteiger partial charge in [-0.2, -0.15) is 0 Å². The molecule has 1 N–H and O–H groups in total. The van der Waals surface area contributed by atoms with E-state index in [2.05, 4.69) is 5.32 Å². The van der Waals surface area contributed by atoms with E-state index in [0.29, 0.717) is 43.3 Å². The highest BCUT2D eigenvalue weighted by atomic mass is 16.5. The van der Waals surface area contributed by atoms with E-state index in [4.69, 9.17) is 4.74 Å². The Bertz CT molecular complexity index is 836. The number of carbonyl (C=O) groups is 4. The van der Waals surface area contributed by atoms with Gasteiger partial charge in [-0.1, -0.05) is 26.0 Å². The number of amides is 4. The second-order valence-corrected chi connectivity index (χ2v) is 8.36. The standard InChI is InChI=1S/C22H29N3O5/c1-15(2)8-10-25-20(28)13-22(21(25)29,16-4-6-17(30-3)7-5-16)12-19(27)24-11-9-23-18(26)14-24/h4-7,15H,8-14H2,1-3H3,(H,23,26). The van der Waals surface area contributed by atoms with Crippen molar-refractivity contribution in [1.82, 2.24) is 15.1 Å². The number of benzene rings is 1. The van der Waals surface area contributed by atoms with Crippen LogP contribution in [0.4, 0.5) is 0 Å². The number of imide groups is 1. The molecule has 2 aliphatic heterocycles. The maximum atomic E-state index is 13.5. The van der Waals surface area contributed by atoms with Crippen molar-refractivity contribution in [3.05, 3.63) is 29.8 Å². The van der Waals surface area contributed by atoms with Crippen LogP contribution in [0.25, 0.3) is 0 Å². The van der Waals surface area contributed by atoms with Crippen molar-refractivity contribution < 1.29 is 23.9 Å². The molecule has 8 nitrogen and oxygen atoms in total. The molecule has 3 rings (SSSR count). The summed E-state index contributed by atoms with van der Waals surface area (Å²) < 4.78 is 5.20. The summed E-state index contributed by atoms with van der Waals surface area (Å²) in [4.78, 5) is 53.8. The maximum Gasteiger partial charge on any atom is 0.240 e. The van der Waals surface area contributed by atoms with Gasteiger partial charge in [-0.15, -0.1) is 0 Å². The molecule has 2 heterocycles. The highest BCUT2D eigenvalue weighted by Gasteiger charge is 2.54. The number of rotatable bonds is 7. The third-order valence-electron chi connectivity index (χ3n) is 5.83. The molecule has 1 aromatic rings. The van der Waals surface area contributed by atoms with Crippen LogP contribution in [0.2, 0.25) is 0 Å². The SMILES string of the molecule is COc1ccc(C2(CC(=O)N3CCNC(=O)C3)CC(=O)N(CCC(C)C)C2=O)cc1. The first-order chi connectivity index (χ1) is 14.3. The molecule has 1 unspecified atom stereocenters. The fourth-order valence-electron chi connectivity index (χ4n) is 4.01. The normalized spacial score (nSPS) is 21.9. The highest BCUT2D eigenvalue weighted by Crippen LogP contribution is 2.41. The third kappa shape index (κ3) is 4.32. The summed E-state index contributed by atoms with van der Waals surface area (Å²) in [6, 6.07) is 6.94. The molecule has 2 aliphatic rings. The molecule has 0 spiro atoms. The minimum atomic E-state index is -1.26. The summed E-state index contributed by atoms with van der Waals surface area (Å²) in [7, 11) is 1.55. The molecule has 0 bridgehead atoms. The monoisotopic (exact) mass is 415 g/mol. The average Bonchev–Trinajstić information content (AvgIpc) is 2.96. The summed E-state index contributed by atoms with van der Waals surface area (Å²) in [5.41, 5.74) is -0.644. The molecule has 1 atom stereocenters. The molecule has 0 radical (unpaired) electrons. The molecule has 4 amide bonds. The lowest BCUT2D eigenvalue weighted by atomic mass is 9.75. The Morgan fingerprint density at radius 3 is 2.50 bits per heavy atom. The van der Waals surface area contributed by atoms with Crippen molar-refractivity contribution in [3.63, 3.8) is 0 Å². The van der Waals surface area contributed by atoms with E-state index < -0.39 is 5.41 Å². The fraction of sp³-hybridized carbons (Fsp3) is 0.545. The zero-order valence-electron chi connectivity index (χ0n) is 17.8. The van der Waals surface area contributed by atoms with Gasteiger partial charge in [-0.25, -0.2) is 0 Å². The van der Waals surface area contributed by atoms with E-state index in [1.807, 2.05) is 13.8 Å². The Morgan fingerprint density at radius 2 is 1.90 bits per heavy atom. The molecular weight excluding hydrogens is 386 g/mol. The van der Waals surface area contributed by atoms with E-state index in [0.717, 1.165) is 0 Å². The smallest absolute Gasteiger partial charge is 0.240 e. The largest absolute Gasteiger partial charge is 0.497 e. The van der Waals surface area contributed by atoms with Crippen LogP contribution in [-0.4, -0.2) is 66.7 Å². The van der Waals surface area contributed by atoms with Gasteiger partial charge in [0, 0.05) is 32.5 Å². The predicted molar refractivity (Wildman–Crippen MR) is 110 cm³/mol. The van der Waals surface area contributed by atoms with Gasteiger partial charge >= 0.3 is 0 Å². The maximum absolute atomic E-state index is 13.5. The molecular formula is C22H29N3O5. The van der Waals surface area contributed by atoms with Gasteiger partial charge in [0.25, 0.3) is 0 Å². The summed E-state index contributed by atoms with van der Waals surface area (Å²) in [6.45, 7) is 5.15. The zero-order chi connectivity index (χ0) is 21.9. The molecule has 2 saturated heterocycles. The quantitative estimate of drug-likeness (QED) is 0.673. The molecule has 1 aromatic carbocycles. The Balaban J connectivity index is 1.92. The first-order valence-electron chi connectivity index (χ1n) is 10.3. The van der Waals surface area contributed by atoms with E-state index in [1.54, 1.807) is 31.4 Å². The number of likely N-dealkylation sites (tertiary alicyclic amines) is 1. The van der Waals surface area contributed by atoms with Crippen molar-refractivity contribution in [1.29, 1.82) is 0 Å². The van der Waals surface area contributed by atoms with Crippen LogP contribution in [0.3, 0.4) is 0 Å². The van der Waals surface area contributed by atoms with Crippen molar-refractivity contribution in [2.24, 2.45) is 5.92 Å². The van der Waals surface area contributed by atoms with Crippen LogP contribution >= 0.6 is 0 Å². The number of hydrogen-bond donors (Lipinski definition) is 1. The Kier molecular flexibility index (Phi) is 6.43. The van der Waals surface area contributed by atoms with Crippen molar-refractivity contribution in [2.45, 2.75) is 38.5 Å². The minimum absolute atomic E-state index is 0.0310. The van der Waals surface area contributed by atoms with Crippen LogP contribution in [0.15, 0.2) is 24.3 Å². The first kappa shape index (κ1) is 21.8. The number of methoxy groups -OCH3 is 1. The number of ether oxygens (including phenoxy) is 1. The van der Waals surface area contributed by atoms with Gasteiger partial charge in [0.1, 0.15) is 5.75 Å². The lowest BCUT2D eigenvalue weighted by molar-refractivity contribution is -0.144. The zero-order valence-corrected chi connectivity index (χ0v) is 17.8. The second kappa shape index (κ2) is 8.85. The second-order valence-electron chi connectivity index (χ2n) is 8.36. The van der Waals surface area contributed by atoms with Crippen LogP contribution < -0.4 is 10.1 Å². The molecule has 0 aliphatic carbocycles. The summed E-state index contributed by atoms with van der Waals surface area (Å²) in [5.74, 6) is -0.154. The molecule has 0 saturated carbocycles. The predicted octanol–water partition coefficient (Wildman–Crippen LogP) is 1.09. The van der Waals surface area contributed by atoms with E-state index >= 15 is 0 Å². The lowest BCUT2D eigenvalue weighted by Crippen LogP contribution is -2.52. The summed E-state index contributed by atoms with van der Waals surface area (Å²) in [5, 5.41) is 2.69. The van der Waals surface area contributed by atoms with Gasteiger partial charge in [0.15, 0.2) is 0 Å². The van der Waals surface area contributed by atoms with Crippen LogP contribution in [0.1, 0.15) is 38.7 Å². The third-order valence-corrected chi connectivity index (χ3v) is 5.83. The summed E-state index contributed by atoms with van der Waals surface area (Å²) in [6.07, 6.45) is 0.508. The molecule has 2 fully saturated rings. The van der Waals surface area contributed by atoms with Crippen molar-refractivity contribution in [2.75, 3.05) is 33.3 Å². The fourth-order valence-corrected chi connectivity index (χ4v) is 4.01. The highest BCUT2D eigenvalue weighted by molar-refractivity contribution is 6.10. The van der Waals surface area contributed by atoms with E-state index in [1.165, 1.54) is 9.80 Å². The number of nitrogens with zero attached hydrogens (tertiary/aromatic N) is 2. The average molecular weight is 415 g/mol. The number of nitrogens with one attached hydrogen (secondary N) is 1. The Hall–Kier alpha value is -2.90. The van der Waals surface area contributed by atoms with Crippen LogP contribution in [-0.2, 0) is 24.6 Å². The van der Waals surface area contributed by atoms with Gasteiger partial charge in [0.05, 0.1) is 19.1 Å². The first-order valence-corrected chi connectivity index (χ1v) is 10.3. The van der Waals surface area contributed by atoms with Crippen LogP contribution in [0.5, 0.6) is 5.75 Å². The van der Waals surface area contributed by atoms with E-state index in [-0.39, 0.29) is 43.0 Å². The van der Waals surface area contributed by atoms with Gasteiger partial charge < -0.3 is 15.0 Å². The number of piperazine rings is 1. The number of carbonyl (C=O) groups excluding carboxylic acids is 4. The number of hydrogen-bond acceptors (Lipinski definition) is 5. The molecule has 8 heteroatoms. The minimum Gasteiger partial charge on any atom is -0.497 e. The Labute approximate surface area is 176 Å². The molecule has 30 heavy (non-hydrogen) atoms. The molecule has 0 aromatic heterocycles. The van der Waals surface area contributed by atoms with Gasteiger partial charge in [-0.3, -0.25) is 24.1 Å². The van der Waals surface area contributed by atoms with Gasteiger partial charge in [0.2, 0.25) is 23.6 Å². The van der Waals surface area contributed by atoms with Crippen molar-refractivity contribution >= 4 is 23.6 Å². The van der Waals surface area contributed by atoms with E-state index in [9.17, 15) is 19.2 Å². The van der Waals surface area contributed by atoms with Crippen molar-refractivity contribution in [3.8, 4) is 5.75 Å². The topological polar surface area (TPSA) is 96.0 Å². The Morgan fingerprint density at radius 1 is 1.20 bits per heavy atom. The summed E-state index contributed by atoms with van der Waals surface area (Å²) >= 11 is 0. The van der Waals surface area contributed by atoms with Gasteiger partial charge in [-0.05, 0) is 30.0 Å². The van der Waals surface area contributed by atoms with Crippen LogP contribution in [0, 0.1) is 5.92 Å². The molecule has 162 valence electrons.